The average molecular weight is 306 g/mol. The molecule has 2 N–H and O–H groups in total. The van der Waals surface area contributed by atoms with Crippen LogP contribution in [0.15, 0.2) is 30.9 Å². The molecule has 22 heavy (non-hydrogen) atoms. The molecule has 0 saturated carbocycles. The first-order valence-corrected chi connectivity index (χ1v) is 7.51. The fourth-order valence-corrected chi connectivity index (χ4v) is 2.01. The highest BCUT2D eigenvalue weighted by Gasteiger charge is 2.09. The van der Waals surface area contributed by atoms with Crippen LogP contribution in [-0.4, -0.2) is 38.8 Å². The lowest BCUT2D eigenvalue weighted by atomic mass is 10.1. The van der Waals surface area contributed by atoms with Crippen LogP contribution in [0, 0.1) is 0 Å². The minimum atomic E-state index is -0.151. The SMILES string of the molecule is C=CCc1ccc(OCC(=O)NC[C@@H](C)NCC)c(OC)c1. The summed E-state index contributed by atoms with van der Waals surface area (Å²) in [6, 6.07) is 5.88. The van der Waals surface area contributed by atoms with Gasteiger partial charge in [-0.2, -0.15) is 0 Å². The Bertz CT molecular complexity index is 489. The first-order chi connectivity index (χ1) is 10.6. The first-order valence-electron chi connectivity index (χ1n) is 7.51. The molecule has 0 aliphatic carbocycles. The van der Waals surface area contributed by atoms with Gasteiger partial charge < -0.3 is 20.1 Å². The van der Waals surface area contributed by atoms with Gasteiger partial charge in [-0.15, -0.1) is 6.58 Å². The summed E-state index contributed by atoms with van der Waals surface area (Å²) in [5, 5.41) is 6.05. The van der Waals surface area contributed by atoms with Gasteiger partial charge in [0.25, 0.3) is 5.91 Å². The van der Waals surface area contributed by atoms with Crippen LogP contribution in [0.2, 0.25) is 0 Å². The number of ether oxygens (including phenoxy) is 2. The van der Waals surface area contributed by atoms with Crippen LogP contribution >= 0.6 is 0 Å². The Kier molecular flexibility index (Phi) is 8.07. The van der Waals surface area contributed by atoms with Crippen molar-refractivity contribution in [3.63, 3.8) is 0 Å². The fraction of sp³-hybridized carbons (Fsp3) is 0.471. The van der Waals surface area contributed by atoms with E-state index in [9.17, 15) is 4.79 Å². The maximum Gasteiger partial charge on any atom is 0.257 e. The Hall–Kier alpha value is -2.01. The molecular formula is C17H26N2O3. The van der Waals surface area contributed by atoms with Gasteiger partial charge in [0.1, 0.15) is 0 Å². The lowest BCUT2D eigenvalue weighted by Crippen LogP contribution is -2.40. The fourth-order valence-electron chi connectivity index (χ4n) is 2.01. The van der Waals surface area contributed by atoms with Crippen LogP contribution in [0.3, 0.4) is 0 Å². The second kappa shape index (κ2) is 9.84. The smallest absolute Gasteiger partial charge is 0.257 e. The number of nitrogens with one attached hydrogen (secondary N) is 2. The molecule has 0 fully saturated rings. The van der Waals surface area contributed by atoms with Crippen molar-refractivity contribution < 1.29 is 14.3 Å². The Balaban J connectivity index is 2.49. The zero-order valence-corrected chi connectivity index (χ0v) is 13.6. The van der Waals surface area contributed by atoms with Gasteiger partial charge in [0.15, 0.2) is 18.1 Å². The first kappa shape index (κ1) is 18.0. The van der Waals surface area contributed by atoms with Gasteiger partial charge in [0.2, 0.25) is 0 Å². The summed E-state index contributed by atoms with van der Waals surface area (Å²) >= 11 is 0. The summed E-state index contributed by atoms with van der Waals surface area (Å²) in [7, 11) is 1.58. The summed E-state index contributed by atoms with van der Waals surface area (Å²) in [5.74, 6) is 1.03. The molecule has 122 valence electrons. The van der Waals surface area contributed by atoms with Gasteiger partial charge in [-0.1, -0.05) is 19.1 Å². The highest BCUT2D eigenvalue weighted by molar-refractivity contribution is 5.77. The molecule has 1 aromatic carbocycles. The summed E-state index contributed by atoms with van der Waals surface area (Å²) in [5.41, 5.74) is 1.09. The molecule has 0 saturated heterocycles. The summed E-state index contributed by atoms with van der Waals surface area (Å²) < 4.78 is 10.8. The number of likely N-dealkylation sites (N-methyl/N-ethyl adjacent to an activating group) is 1. The molecule has 1 atom stereocenters. The molecule has 1 aromatic rings. The van der Waals surface area contributed by atoms with Crippen molar-refractivity contribution in [2.24, 2.45) is 0 Å². The second-order valence-electron chi connectivity index (χ2n) is 5.03. The van der Waals surface area contributed by atoms with E-state index < -0.39 is 0 Å². The van der Waals surface area contributed by atoms with Crippen molar-refractivity contribution in [1.29, 1.82) is 0 Å². The third-order valence-corrected chi connectivity index (χ3v) is 3.12. The second-order valence-corrected chi connectivity index (χ2v) is 5.03. The van der Waals surface area contributed by atoms with Gasteiger partial charge in [0.05, 0.1) is 7.11 Å². The maximum atomic E-state index is 11.8. The predicted molar refractivity (Wildman–Crippen MR) is 88.5 cm³/mol. The van der Waals surface area contributed by atoms with Crippen molar-refractivity contribution in [2.45, 2.75) is 26.3 Å². The number of hydrogen-bond donors (Lipinski definition) is 2. The largest absolute Gasteiger partial charge is 0.493 e. The number of carbonyl (C=O) groups is 1. The highest BCUT2D eigenvalue weighted by atomic mass is 16.5. The number of hydrogen-bond acceptors (Lipinski definition) is 4. The van der Waals surface area contributed by atoms with E-state index in [1.807, 2.05) is 38.1 Å². The summed E-state index contributed by atoms with van der Waals surface area (Å²) in [6.45, 7) is 9.18. The molecule has 0 aliphatic heterocycles. The summed E-state index contributed by atoms with van der Waals surface area (Å²) in [4.78, 5) is 11.8. The van der Waals surface area contributed by atoms with Gasteiger partial charge in [-0.25, -0.2) is 0 Å². The topological polar surface area (TPSA) is 59.6 Å². The van der Waals surface area contributed by atoms with Crippen molar-refractivity contribution in [3.8, 4) is 11.5 Å². The number of allylic oxidation sites excluding steroid dienone is 1. The van der Waals surface area contributed by atoms with Gasteiger partial charge >= 0.3 is 0 Å². The average Bonchev–Trinajstić information content (AvgIpc) is 2.52. The normalized spacial score (nSPS) is 11.6. The van der Waals surface area contributed by atoms with Crippen molar-refractivity contribution >= 4 is 5.91 Å². The predicted octanol–water partition coefficient (Wildman–Crippen LogP) is 1.92. The van der Waals surface area contributed by atoms with Crippen molar-refractivity contribution in [1.82, 2.24) is 10.6 Å². The van der Waals surface area contributed by atoms with Crippen LogP contribution in [-0.2, 0) is 11.2 Å². The molecule has 0 radical (unpaired) electrons. The molecule has 0 heterocycles. The Morgan fingerprint density at radius 1 is 1.41 bits per heavy atom. The minimum absolute atomic E-state index is 0.0317. The van der Waals surface area contributed by atoms with E-state index in [2.05, 4.69) is 17.2 Å². The molecule has 5 heteroatoms. The molecule has 1 rings (SSSR count). The van der Waals surface area contributed by atoms with Crippen LogP contribution < -0.4 is 20.1 Å². The number of amides is 1. The van der Waals surface area contributed by atoms with Gasteiger partial charge in [-0.05, 0) is 37.6 Å². The zero-order chi connectivity index (χ0) is 16.4. The van der Waals surface area contributed by atoms with Crippen LogP contribution in [0.4, 0.5) is 0 Å². The van der Waals surface area contributed by atoms with E-state index in [1.165, 1.54) is 0 Å². The van der Waals surface area contributed by atoms with Crippen LogP contribution in [0.5, 0.6) is 11.5 Å². The van der Waals surface area contributed by atoms with Crippen molar-refractivity contribution in [3.05, 3.63) is 36.4 Å². The molecule has 0 aliphatic rings. The lowest BCUT2D eigenvalue weighted by Gasteiger charge is -2.14. The monoisotopic (exact) mass is 306 g/mol. The van der Waals surface area contributed by atoms with E-state index in [0.29, 0.717) is 18.0 Å². The van der Waals surface area contributed by atoms with E-state index in [1.54, 1.807) is 7.11 Å². The molecule has 0 spiro atoms. The van der Waals surface area contributed by atoms with Crippen LogP contribution in [0.1, 0.15) is 19.4 Å². The third-order valence-electron chi connectivity index (χ3n) is 3.12. The maximum absolute atomic E-state index is 11.8. The third kappa shape index (κ3) is 6.18. The Morgan fingerprint density at radius 3 is 2.82 bits per heavy atom. The number of benzene rings is 1. The van der Waals surface area contributed by atoms with Crippen molar-refractivity contribution in [2.75, 3.05) is 26.8 Å². The Labute approximate surface area is 132 Å². The van der Waals surface area contributed by atoms with E-state index in [-0.39, 0.29) is 18.6 Å². The molecule has 5 nitrogen and oxygen atoms in total. The van der Waals surface area contributed by atoms with E-state index >= 15 is 0 Å². The number of rotatable bonds is 10. The lowest BCUT2D eigenvalue weighted by molar-refractivity contribution is -0.123. The Morgan fingerprint density at radius 2 is 2.18 bits per heavy atom. The molecule has 0 unspecified atom stereocenters. The van der Waals surface area contributed by atoms with Crippen LogP contribution in [0.25, 0.3) is 0 Å². The standard InChI is InChI=1S/C17H26N2O3/c1-5-7-14-8-9-15(16(10-14)21-4)22-12-17(20)19-11-13(3)18-6-2/h5,8-10,13,18H,1,6-7,11-12H2,2-4H3,(H,19,20)/t13-/m1/s1. The molecular weight excluding hydrogens is 280 g/mol. The minimum Gasteiger partial charge on any atom is -0.493 e. The quantitative estimate of drug-likeness (QED) is 0.648. The molecule has 1 amide bonds. The van der Waals surface area contributed by atoms with E-state index in [4.69, 9.17) is 9.47 Å². The number of methoxy groups -OCH3 is 1. The summed E-state index contributed by atoms with van der Waals surface area (Å²) in [6.07, 6.45) is 2.59. The van der Waals surface area contributed by atoms with E-state index in [0.717, 1.165) is 18.5 Å². The number of carbonyl (C=O) groups excluding carboxylic acids is 1. The van der Waals surface area contributed by atoms with Gasteiger partial charge in [0, 0.05) is 12.6 Å². The highest BCUT2D eigenvalue weighted by Crippen LogP contribution is 2.28. The molecule has 0 bridgehead atoms. The van der Waals surface area contributed by atoms with Gasteiger partial charge in [-0.3, -0.25) is 4.79 Å². The molecule has 0 aromatic heterocycles. The zero-order valence-electron chi connectivity index (χ0n) is 13.6.